The lowest BCUT2D eigenvalue weighted by Crippen LogP contribution is -1.83. The normalized spacial score (nSPS) is 8.59. The van der Waals surface area contributed by atoms with Crippen molar-refractivity contribution in [1.29, 1.82) is 0 Å². The third kappa shape index (κ3) is 2.48. The third-order valence-electron chi connectivity index (χ3n) is 2.10. The molecule has 0 atom stereocenters. The molecule has 0 aliphatic heterocycles. The van der Waals surface area contributed by atoms with Crippen LogP contribution in [0.2, 0.25) is 0 Å². The molecule has 0 aliphatic carbocycles. The summed E-state index contributed by atoms with van der Waals surface area (Å²) in [5.41, 5.74) is 1.53. The highest BCUT2D eigenvalue weighted by Crippen LogP contribution is 2.42. The van der Waals surface area contributed by atoms with Crippen LogP contribution in [-0.4, -0.2) is 18.2 Å². The summed E-state index contributed by atoms with van der Waals surface area (Å²) in [4.78, 5) is 41.2. The van der Waals surface area contributed by atoms with E-state index in [0.29, 0.717) is 11.1 Å². The van der Waals surface area contributed by atoms with Crippen LogP contribution in [0.3, 0.4) is 0 Å². The summed E-state index contributed by atoms with van der Waals surface area (Å²) in [7, 11) is 0. The summed E-state index contributed by atoms with van der Waals surface area (Å²) in [6.07, 6.45) is 4.05. The number of rotatable bonds is 3. The van der Waals surface area contributed by atoms with Gasteiger partial charge in [-0.15, -0.1) is 0 Å². The third-order valence-corrected chi connectivity index (χ3v) is 2.10. The van der Waals surface area contributed by atoms with Crippen LogP contribution in [-0.2, 0) is 14.4 Å². The Balaban J connectivity index is 3.82. The molecule has 6 nitrogen and oxygen atoms in total. The monoisotopic (exact) mass is 229 g/mol. The van der Waals surface area contributed by atoms with Crippen molar-refractivity contribution in [3.63, 3.8) is 0 Å². The lowest BCUT2D eigenvalue weighted by Gasteiger charge is -2.07. The van der Waals surface area contributed by atoms with Crippen molar-refractivity contribution in [2.24, 2.45) is 15.0 Å². The average molecular weight is 229 g/mol. The molecule has 0 saturated carbocycles. The molecule has 0 spiro atoms. The second kappa shape index (κ2) is 5.45. The fourth-order valence-electron chi connectivity index (χ4n) is 1.47. The Morgan fingerprint density at radius 2 is 1.12 bits per heavy atom. The van der Waals surface area contributed by atoms with Crippen LogP contribution < -0.4 is 0 Å². The van der Waals surface area contributed by atoms with E-state index in [1.54, 1.807) is 19.9 Å². The molecule has 0 amide bonds. The largest absolute Gasteiger partial charge is 0.240 e. The first-order valence-corrected chi connectivity index (χ1v) is 4.53. The minimum absolute atomic E-state index is 0.0178. The number of hydrogen-bond acceptors (Lipinski definition) is 6. The molecule has 0 N–H and O–H groups in total. The summed E-state index contributed by atoms with van der Waals surface area (Å²) in [5.74, 6) is 0. The van der Waals surface area contributed by atoms with Crippen LogP contribution in [0.4, 0.5) is 17.1 Å². The molecule has 0 fully saturated rings. The number of nitrogens with zero attached hydrogens (tertiary/aromatic N) is 3. The van der Waals surface area contributed by atoms with E-state index in [2.05, 4.69) is 15.0 Å². The van der Waals surface area contributed by atoms with Crippen molar-refractivity contribution in [3.8, 4) is 0 Å². The predicted molar refractivity (Wildman–Crippen MR) is 59.3 cm³/mol. The fraction of sp³-hybridized carbons (Fsp3) is 0.182. The molecule has 0 unspecified atom stereocenters. The zero-order valence-corrected chi connectivity index (χ0v) is 9.14. The number of hydrogen-bond donors (Lipinski definition) is 0. The Kier molecular flexibility index (Phi) is 3.98. The molecule has 1 aromatic rings. The minimum Gasteiger partial charge on any atom is -0.211 e. The Bertz CT molecular complexity index is 561. The lowest BCUT2D eigenvalue weighted by molar-refractivity contribution is 0.564. The molecular weight excluding hydrogens is 222 g/mol. The Morgan fingerprint density at radius 3 is 1.47 bits per heavy atom. The molecule has 0 aliphatic rings. The van der Waals surface area contributed by atoms with Crippen LogP contribution in [0.15, 0.2) is 21.0 Å². The van der Waals surface area contributed by atoms with E-state index in [1.165, 1.54) is 18.2 Å². The maximum Gasteiger partial charge on any atom is 0.240 e. The maximum absolute atomic E-state index is 10.3. The summed E-state index contributed by atoms with van der Waals surface area (Å²) in [6, 6.07) is 1.66. The van der Waals surface area contributed by atoms with Gasteiger partial charge < -0.3 is 0 Å². The molecule has 0 bridgehead atoms. The predicted octanol–water partition coefficient (Wildman–Crippen LogP) is 2.21. The van der Waals surface area contributed by atoms with Crippen molar-refractivity contribution in [2.75, 3.05) is 0 Å². The van der Waals surface area contributed by atoms with E-state index in [9.17, 15) is 14.4 Å². The van der Waals surface area contributed by atoms with Gasteiger partial charge in [-0.1, -0.05) is 6.07 Å². The van der Waals surface area contributed by atoms with Gasteiger partial charge in [0.25, 0.3) is 0 Å². The van der Waals surface area contributed by atoms with Gasteiger partial charge in [0.05, 0.1) is 0 Å². The van der Waals surface area contributed by atoms with Gasteiger partial charge in [-0.3, -0.25) is 0 Å². The number of benzene rings is 1. The van der Waals surface area contributed by atoms with E-state index in [4.69, 9.17) is 0 Å². The topological polar surface area (TPSA) is 88.3 Å². The zero-order valence-electron chi connectivity index (χ0n) is 9.14. The Morgan fingerprint density at radius 1 is 0.765 bits per heavy atom. The molecule has 1 aromatic carbocycles. The highest BCUT2D eigenvalue weighted by molar-refractivity contribution is 5.84. The van der Waals surface area contributed by atoms with Gasteiger partial charge in [0, 0.05) is 0 Å². The summed E-state index contributed by atoms with van der Waals surface area (Å²) in [6.45, 7) is 3.36. The highest BCUT2D eigenvalue weighted by atomic mass is 16.1. The van der Waals surface area contributed by atoms with Crippen molar-refractivity contribution in [3.05, 3.63) is 17.2 Å². The van der Waals surface area contributed by atoms with Gasteiger partial charge in [-0.05, 0) is 25.0 Å². The van der Waals surface area contributed by atoms with Crippen LogP contribution in [0, 0.1) is 13.8 Å². The van der Waals surface area contributed by atoms with Crippen LogP contribution in [0.5, 0.6) is 0 Å². The lowest BCUT2D eigenvalue weighted by atomic mass is 10.1. The summed E-state index contributed by atoms with van der Waals surface area (Å²) >= 11 is 0. The first kappa shape index (κ1) is 12.4. The Hall–Kier alpha value is -2.64. The number of carbonyl (C=O) groups excluding carboxylic acids is 3. The van der Waals surface area contributed by atoms with Crippen LogP contribution in [0.1, 0.15) is 11.1 Å². The molecular formula is C11H7N3O3. The van der Waals surface area contributed by atoms with Crippen molar-refractivity contribution < 1.29 is 14.4 Å². The van der Waals surface area contributed by atoms with E-state index in [1.807, 2.05) is 0 Å². The van der Waals surface area contributed by atoms with Crippen molar-refractivity contribution in [1.82, 2.24) is 0 Å². The number of aliphatic imine (C=N–C) groups is 3. The molecule has 0 saturated heterocycles. The van der Waals surface area contributed by atoms with E-state index in [-0.39, 0.29) is 17.1 Å². The van der Waals surface area contributed by atoms with Crippen LogP contribution in [0.25, 0.3) is 0 Å². The van der Waals surface area contributed by atoms with Crippen LogP contribution >= 0.6 is 0 Å². The second-order valence-corrected chi connectivity index (χ2v) is 3.17. The van der Waals surface area contributed by atoms with E-state index in [0.717, 1.165) is 0 Å². The highest BCUT2D eigenvalue weighted by Gasteiger charge is 2.13. The number of aryl methyl sites for hydroxylation is 2. The zero-order chi connectivity index (χ0) is 12.8. The quantitative estimate of drug-likeness (QED) is 0.587. The Labute approximate surface area is 96.4 Å². The first-order chi connectivity index (χ1) is 8.15. The fourth-order valence-corrected chi connectivity index (χ4v) is 1.47. The van der Waals surface area contributed by atoms with Gasteiger partial charge in [0.15, 0.2) is 0 Å². The maximum atomic E-state index is 10.3. The van der Waals surface area contributed by atoms with Crippen molar-refractivity contribution >= 4 is 35.3 Å². The molecule has 0 radical (unpaired) electrons. The van der Waals surface area contributed by atoms with E-state index >= 15 is 0 Å². The minimum atomic E-state index is 0.0178. The molecule has 0 aromatic heterocycles. The van der Waals surface area contributed by atoms with Gasteiger partial charge in [0.1, 0.15) is 17.1 Å². The standard InChI is InChI=1S/C11H7N3O3/c1-7-3-8(2)10(13-5-16)11(14-6-17)9(7)12-4-15/h3H,1-2H3. The first-order valence-electron chi connectivity index (χ1n) is 4.53. The second-order valence-electron chi connectivity index (χ2n) is 3.17. The molecule has 6 heteroatoms. The summed E-state index contributed by atoms with van der Waals surface area (Å²) in [5, 5.41) is 0. The van der Waals surface area contributed by atoms with Crippen molar-refractivity contribution in [2.45, 2.75) is 13.8 Å². The van der Waals surface area contributed by atoms with Gasteiger partial charge >= 0.3 is 0 Å². The van der Waals surface area contributed by atoms with Gasteiger partial charge in [-0.25, -0.2) is 14.4 Å². The smallest absolute Gasteiger partial charge is 0.211 e. The molecule has 0 heterocycles. The van der Waals surface area contributed by atoms with Gasteiger partial charge in [0.2, 0.25) is 18.2 Å². The molecule has 84 valence electrons. The molecule has 17 heavy (non-hydrogen) atoms. The molecule has 1 rings (SSSR count). The average Bonchev–Trinajstić information content (AvgIpc) is 2.29. The number of isocyanates is 3. The van der Waals surface area contributed by atoms with Gasteiger partial charge in [-0.2, -0.15) is 15.0 Å². The SMILES string of the molecule is Cc1cc(C)c(N=C=O)c(N=C=O)c1N=C=O. The van der Waals surface area contributed by atoms with E-state index < -0.39 is 0 Å². The summed E-state index contributed by atoms with van der Waals surface area (Å²) < 4.78 is 0.